The maximum Gasteiger partial charge on any atom is 0.0721 e. The first kappa shape index (κ1) is 11.2. The Morgan fingerprint density at radius 2 is 2.06 bits per heavy atom. The zero-order chi connectivity index (χ0) is 11.5. The fourth-order valence-corrected chi connectivity index (χ4v) is 2.68. The molecule has 1 aromatic carbocycles. The summed E-state index contributed by atoms with van der Waals surface area (Å²) in [5, 5.41) is 3.66. The van der Waals surface area contributed by atoms with Gasteiger partial charge in [0, 0.05) is 12.6 Å². The molecule has 92 valence electrons. The number of fused-ring (bicyclic) bond motifs is 1. The molecule has 0 aromatic heterocycles. The summed E-state index contributed by atoms with van der Waals surface area (Å²) in [4.78, 5) is 0. The van der Waals surface area contributed by atoms with Crippen LogP contribution in [0.2, 0.25) is 0 Å². The zero-order valence-corrected chi connectivity index (χ0v) is 10.0. The molecule has 2 heterocycles. The molecule has 1 saturated heterocycles. The highest BCUT2D eigenvalue weighted by Crippen LogP contribution is 2.25. The maximum atomic E-state index is 5.65. The van der Waals surface area contributed by atoms with Crippen molar-refractivity contribution in [2.45, 2.75) is 31.5 Å². The molecule has 2 aliphatic rings. The molecule has 1 fully saturated rings. The molecule has 3 heteroatoms. The monoisotopic (exact) mass is 233 g/mol. The lowest BCUT2D eigenvalue weighted by atomic mass is 9.97. The van der Waals surface area contributed by atoms with Crippen LogP contribution in [0.4, 0.5) is 0 Å². The summed E-state index contributed by atoms with van der Waals surface area (Å²) in [6.07, 6.45) is 2.37. The lowest BCUT2D eigenvalue weighted by molar-refractivity contribution is 0.0436. The van der Waals surface area contributed by atoms with Crippen molar-refractivity contribution < 1.29 is 9.47 Å². The molecule has 0 spiro atoms. The molecular weight excluding hydrogens is 214 g/mol. The normalized spacial score (nSPS) is 28.7. The Labute approximate surface area is 102 Å². The van der Waals surface area contributed by atoms with E-state index < -0.39 is 0 Å². The second-order valence-electron chi connectivity index (χ2n) is 4.85. The van der Waals surface area contributed by atoms with Crippen LogP contribution in [-0.4, -0.2) is 25.9 Å². The summed E-state index contributed by atoms with van der Waals surface area (Å²) in [5.74, 6) is 0. The lowest BCUT2D eigenvalue weighted by Gasteiger charge is -2.32. The van der Waals surface area contributed by atoms with Gasteiger partial charge in [-0.3, -0.25) is 0 Å². The van der Waals surface area contributed by atoms with Gasteiger partial charge in [-0.25, -0.2) is 0 Å². The third-order valence-electron chi connectivity index (χ3n) is 3.57. The fourth-order valence-electron chi connectivity index (χ4n) is 2.68. The van der Waals surface area contributed by atoms with Crippen molar-refractivity contribution in [2.24, 2.45) is 0 Å². The van der Waals surface area contributed by atoms with Gasteiger partial charge in [-0.05, 0) is 24.0 Å². The van der Waals surface area contributed by atoms with E-state index in [1.54, 1.807) is 0 Å². The van der Waals surface area contributed by atoms with Crippen LogP contribution in [0.15, 0.2) is 24.3 Å². The van der Waals surface area contributed by atoms with Crippen molar-refractivity contribution in [3.63, 3.8) is 0 Å². The number of ether oxygens (including phenoxy) is 2. The van der Waals surface area contributed by atoms with E-state index in [1.807, 2.05) is 0 Å². The van der Waals surface area contributed by atoms with E-state index in [-0.39, 0.29) is 0 Å². The summed E-state index contributed by atoms with van der Waals surface area (Å²) in [7, 11) is 0. The predicted octanol–water partition coefficient (Wildman–Crippen LogP) is 2.03. The van der Waals surface area contributed by atoms with E-state index in [2.05, 4.69) is 29.6 Å². The van der Waals surface area contributed by atoms with Gasteiger partial charge in [-0.2, -0.15) is 0 Å². The number of rotatable bonds is 2. The first-order chi connectivity index (χ1) is 8.43. The first-order valence-corrected chi connectivity index (χ1v) is 6.43. The van der Waals surface area contributed by atoms with Crippen LogP contribution in [0.1, 0.15) is 30.0 Å². The molecule has 0 bridgehead atoms. The third kappa shape index (κ3) is 2.51. The van der Waals surface area contributed by atoms with E-state index in [9.17, 15) is 0 Å². The molecule has 2 aliphatic heterocycles. The summed E-state index contributed by atoms with van der Waals surface area (Å²) in [6.45, 7) is 3.26. The fraction of sp³-hybridized carbons (Fsp3) is 0.571. The number of benzene rings is 1. The van der Waals surface area contributed by atoms with Gasteiger partial charge in [-0.15, -0.1) is 0 Å². The van der Waals surface area contributed by atoms with Gasteiger partial charge in [0.2, 0.25) is 0 Å². The van der Waals surface area contributed by atoms with Gasteiger partial charge in [0.25, 0.3) is 0 Å². The van der Waals surface area contributed by atoms with Crippen molar-refractivity contribution in [3.8, 4) is 0 Å². The van der Waals surface area contributed by atoms with Gasteiger partial charge >= 0.3 is 0 Å². The second kappa shape index (κ2) is 5.17. The molecule has 2 unspecified atom stereocenters. The predicted molar refractivity (Wildman–Crippen MR) is 65.8 cm³/mol. The molecule has 1 N–H and O–H groups in total. The van der Waals surface area contributed by atoms with Crippen molar-refractivity contribution in [1.29, 1.82) is 0 Å². The van der Waals surface area contributed by atoms with Crippen LogP contribution in [0.3, 0.4) is 0 Å². The van der Waals surface area contributed by atoms with Gasteiger partial charge in [-0.1, -0.05) is 24.3 Å². The minimum Gasteiger partial charge on any atom is -0.380 e. The highest BCUT2D eigenvalue weighted by Gasteiger charge is 2.24. The molecule has 0 radical (unpaired) electrons. The molecule has 3 nitrogen and oxygen atoms in total. The molecule has 0 amide bonds. The quantitative estimate of drug-likeness (QED) is 0.847. The van der Waals surface area contributed by atoms with Gasteiger partial charge in [0.1, 0.15) is 0 Å². The molecule has 0 saturated carbocycles. The van der Waals surface area contributed by atoms with Crippen LogP contribution in [0.5, 0.6) is 0 Å². The smallest absolute Gasteiger partial charge is 0.0721 e. The highest BCUT2D eigenvalue weighted by atomic mass is 16.5. The lowest BCUT2D eigenvalue weighted by Crippen LogP contribution is -2.42. The van der Waals surface area contributed by atoms with Crippen LogP contribution in [0, 0.1) is 0 Å². The summed E-state index contributed by atoms with van der Waals surface area (Å²) >= 11 is 0. The Morgan fingerprint density at radius 3 is 2.94 bits per heavy atom. The average Bonchev–Trinajstić information content (AvgIpc) is 2.40. The Balaban J connectivity index is 1.71. The largest absolute Gasteiger partial charge is 0.380 e. The maximum absolute atomic E-state index is 5.65. The van der Waals surface area contributed by atoms with Crippen molar-refractivity contribution in [2.75, 3.05) is 19.8 Å². The third-order valence-corrected chi connectivity index (χ3v) is 3.57. The van der Waals surface area contributed by atoms with Crippen molar-refractivity contribution in [1.82, 2.24) is 5.32 Å². The van der Waals surface area contributed by atoms with Gasteiger partial charge in [0.05, 0.1) is 25.9 Å². The van der Waals surface area contributed by atoms with Crippen LogP contribution < -0.4 is 5.32 Å². The molecule has 2 atom stereocenters. The van der Waals surface area contributed by atoms with Crippen LogP contribution >= 0.6 is 0 Å². The minimum absolute atomic E-state index is 0.326. The number of hydrogen-bond acceptors (Lipinski definition) is 3. The molecule has 17 heavy (non-hydrogen) atoms. The molecule has 1 aromatic rings. The molecule has 3 rings (SSSR count). The first-order valence-electron chi connectivity index (χ1n) is 6.43. The van der Waals surface area contributed by atoms with E-state index in [0.29, 0.717) is 12.1 Å². The van der Waals surface area contributed by atoms with E-state index in [1.165, 1.54) is 17.5 Å². The highest BCUT2D eigenvalue weighted by molar-refractivity contribution is 5.31. The summed E-state index contributed by atoms with van der Waals surface area (Å²) < 4.78 is 11.2. The van der Waals surface area contributed by atoms with E-state index in [4.69, 9.17) is 9.47 Å². The topological polar surface area (TPSA) is 30.5 Å². The number of hydrogen-bond donors (Lipinski definition) is 1. The SMILES string of the molecule is c1ccc2c(c1)COCC2NC1CCCOC1. The average molecular weight is 233 g/mol. The summed E-state index contributed by atoms with van der Waals surface area (Å²) in [6, 6.07) is 9.35. The van der Waals surface area contributed by atoms with Crippen LogP contribution in [-0.2, 0) is 16.1 Å². The van der Waals surface area contributed by atoms with Gasteiger partial charge < -0.3 is 14.8 Å². The standard InChI is InChI=1S/C14H19NO2/c1-2-6-13-11(4-1)8-17-10-14(13)15-12-5-3-7-16-9-12/h1-2,4,6,12,14-15H,3,5,7-10H2. The van der Waals surface area contributed by atoms with E-state index in [0.717, 1.165) is 32.8 Å². The summed E-state index contributed by atoms with van der Waals surface area (Å²) in [5.41, 5.74) is 2.71. The minimum atomic E-state index is 0.326. The number of nitrogens with one attached hydrogen (secondary N) is 1. The zero-order valence-electron chi connectivity index (χ0n) is 10.0. The van der Waals surface area contributed by atoms with E-state index >= 15 is 0 Å². The Bertz CT molecular complexity index is 374. The van der Waals surface area contributed by atoms with Crippen LogP contribution in [0.25, 0.3) is 0 Å². The van der Waals surface area contributed by atoms with Gasteiger partial charge in [0.15, 0.2) is 0 Å². The molecular formula is C14H19NO2. The Morgan fingerprint density at radius 1 is 1.12 bits per heavy atom. The Hall–Kier alpha value is -0.900. The van der Waals surface area contributed by atoms with Crippen molar-refractivity contribution in [3.05, 3.63) is 35.4 Å². The Kier molecular flexibility index (Phi) is 3.41. The second-order valence-corrected chi connectivity index (χ2v) is 4.85. The van der Waals surface area contributed by atoms with Crippen molar-refractivity contribution >= 4 is 0 Å². The molecule has 0 aliphatic carbocycles.